The molecule has 0 aliphatic carbocycles. The SMILES string of the molecule is CC(C)=CC(N)C1CCOC1. The van der Waals surface area contributed by atoms with E-state index in [-0.39, 0.29) is 6.04 Å². The zero-order valence-corrected chi connectivity index (χ0v) is 7.34. The topological polar surface area (TPSA) is 35.2 Å². The van der Waals surface area contributed by atoms with Gasteiger partial charge in [0.2, 0.25) is 0 Å². The van der Waals surface area contributed by atoms with Crippen molar-refractivity contribution in [2.24, 2.45) is 11.7 Å². The summed E-state index contributed by atoms with van der Waals surface area (Å²) in [5.41, 5.74) is 7.22. The molecule has 2 unspecified atom stereocenters. The van der Waals surface area contributed by atoms with Crippen molar-refractivity contribution >= 4 is 0 Å². The van der Waals surface area contributed by atoms with Crippen LogP contribution in [0.2, 0.25) is 0 Å². The normalized spacial score (nSPS) is 26.6. The molecule has 0 radical (unpaired) electrons. The minimum absolute atomic E-state index is 0.197. The van der Waals surface area contributed by atoms with Gasteiger partial charge in [0.25, 0.3) is 0 Å². The van der Waals surface area contributed by atoms with E-state index in [9.17, 15) is 0 Å². The van der Waals surface area contributed by atoms with Gasteiger partial charge in [0.1, 0.15) is 0 Å². The lowest BCUT2D eigenvalue weighted by molar-refractivity contribution is 0.183. The number of ether oxygens (including phenoxy) is 1. The molecule has 2 heteroatoms. The minimum atomic E-state index is 0.197. The van der Waals surface area contributed by atoms with E-state index in [0.717, 1.165) is 19.6 Å². The van der Waals surface area contributed by atoms with Crippen LogP contribution in [0.1, 0.15) is 20.3 Å². The van der Waals surface area contributed by atoms with Crippen molar-refractivity contribution in [2.75, 3.05) is 13.2 Å². The van der Waals surface area contributed by atoms with Gasteiger partial charge in [-0.15, -0.1) is 0 Å². The Bertz CT molecular complexity index is 144. The van der Waals surface area contributed by atoms with Gasteiger partial charge in [0, 0.05) is 18.6 Å². The molecule has 1 aliphatic heterocycles. The zero-order valence-electron chi connectivity index (χ0n) is 7.34. The highest BCUT2D eigenvalue weighted by atomic mass is 16.5. The lowest BCUT2D eigenvalue weighted by Gasteiger charge is -2.13. The van der Waals surface area contributed by atoms with E-state index in [4.69, 9.17) is 10.5 Å². The fourth-order valence-corrected chi connectivity index (χ4v) is 1.38. The molecule has 0 saturated carbocycles. The average molecular weight is 155 g/mol. The molecule has 1 fully saturated rings. The zero-order chi connectivity index (χ0) is 8.27. The highest BCUT2D eigenvalue weighted by molar-refractivity contribution is 5.02. The molecular formula is C9H17NO. The largest absolute Gasteiger partial charge is 0.381 e. The monoisotopic (exact) mass is 155 g/mol. The van der Waals surface area contributed by atoms with Gasteiger partial charge in [-0.1, -0.05) is 11.6 Å². The van der Waals surface area contributed by atoms with Gasteiger partial charge in [0.05, 0.1) is 6.61 Å². The van der Waals surface area contributed by atoms with Crippen LogP contribution in [-0.2, 0) is 4.74 Å². The summed E-state index contributed by atoms with van der Waals surface area (Å²) < 4.78 is 5.25. The van der Waals surface area contributed by atoms with Crippen LogP contribution in [0.15, 0.2) is 11.6 Å². The predicted molar refractivity (Wildman–Crippen MR) is 46.3 cm³/mol. The van der Waals surface area contributed by atoms with E-state index in [1.54, 1.807) is 0 Å². The van der Waals surface area contributed by atoms with Crippen molar-refractivity contribution in [3.63, 3.8) is 0 Å². The van der Waals surface area contributed by atoms with Crippen molar-refractivity contribution in [1.29, 1.82) is 0 Å². The first-order valence-corrected chi connectivity index (χ1v) is 4.18. The summed E-state index contributed by atoms with van der Waals surface area (Å²) in [6.07, 6.45) is 3.24. The average Bonchev–Trinajstić information content (AvgIpc) is 2.35. The maximum Gasteiger partial charge on any atom is 0.0513 e. The molecule has 2 atom stereocenters. The van der Waals surface area contributed by atoms with Gasteiger partial charge in [0.15, 0.2) is 0 Å². The van der Waals surface area contributed by atoms with Crippen molar-refractivity contribution in [2.45, 2.75) is 26.3 Å². The van der Waals surface area contributed by atoms with E-state index in [2.05, 4.69) is 19.9 Å². The van der Waals surface area contributed by atoms with Crippen molar-refractivity contribution < 1.29 is 4.74 Å². The van der Waals surface area contributed by atoms with Crippen LogP contribution in [0, 0.1) is 5.92 Å². The molecule has 0 bridgehead atoms. The first kappa shape index (κ1) is 8.75. The number of hydrogen-bond acceptors (Lipinski definition) is 2. The Balaban J connectivity index is 2.40. The molecule has 11 heavy (non-hydrogen) atoms. The van der Waals surface area contributed by atoms with E-state index in [0.29, 0.717) is 5.92 Å². The summed E-state index contributed by atoms with van der Waals surface area (Å²) in [5.74, 6) is 0.546. The van der Waals surface area contributed by atoms with Crippen molar-refractivity contribution in [3.05, 3.63) is 11.6 Å². The molecule has 0 aromatic carbocycles. The second kappa shape index (κ2) is 3.88. The van der Waals surface area contributed by atoms with Gasteiger partial charge in [-0.25, -0.2) is 0 Å². The highest BCUT2D eigenvalue weighted by Gasteiger charge is 2.20. The van der Waals surface area contributed by atoms with Gasteiger partial charge in [-0.3, -0.25) is 0 Å². The molecule has 64 valence electrons. The van der Waals surface area contributed by atoms with E-state index in [1.807, 2.05) is 0 Å². The van der Waals surface area contributed by atoms with Gasteiger partial charge in [-0.05, 0) is 20.3 Å². The van der Waals surface area contributed by atoms with Crippen molar-refractivity contribution in [1.82, 2.24) is 0 Å². The van der Waals surface area contributed by atoms with Crippen LogP contribution in [0.5, 0.6) is 0 Å². The van der Waals surface area contributed by atoms with Crippen molar-refractivity contribution in [3.8, 4) is 0 Å². The lowest BCUT2D eigenvalue weighted by Crippen LogP contribution is -2.28. The fraction of sp³-hybridized carbons (Fsp3) is 0.778. The summed E-state index contributed by atoms with van der Waals surface area (Å²) >= 11 is 0. The minimum Gasteiger partial charge on any atom is -0.381 e. The fourth-order valence-electron chi connectivity index (χ4n) is 1.38. The summed E-state index contributed by atoms with van der Waals surface area (Å²) in [6.45, 7) is 5.88. The van der Waals surface area contributed by atoms with Crippen LogP contribution in [0.3, 0.4) is 0 Å². The van der Waals surface area contributed by atoms with Crippen LogP contribution in [-0.4, -0.2) is 19.3 Å². The first-order valence-electron chi connectivity index (χ1n) is 4.18. The Kier molecular flexibility index (Phi) is 3.09. The second-order valence-corrected chi connectivity index (χ2v) is 3.45. The quantitative estimate of drug-likeness (QED) is 0.610. The Hall–Kier alpha value is -0.340. The molecule has 1 saturated heterocycles. The molecule has 1 heterocycles. The number of hydrogen-bond donors (Lipinski definition) is 1. The third kappa shape index (κ3) is 2.64. The van der Waals surface area contributed by atoms with Crippen LogP contribution in [0.25, 0.3) is 0 Å². The predicted octanol–water partition coefficient (Wildman–Crippen LogP) is 1.32. The molecule has 2 nitrogen and oxygen atoms in total. The lowest BCUT2D eigenvalue weighted by atomic mass is 9.98. The summed E-state index contributed by atoms with van der Waals surface area (Å²) in [7, 11) is 0. The second-order valence-electron chi connectivity index (χ2n) is 3.45. The van der Waals surface area contributed by atoms with E-state index >= 15 is 0 Å². The molecular weight excluding hydrogens is 138 g/mol. The first-order chi connectivity index (χ1) is 5.20. The van der Waals surface area contributed by atoms with Gasteiger partial charge >= 0.3 is 0 Å². The third-order valence-electron chi connectivity index (χ3n) is 2.04. The molecule has 1 aliphatic rings. The van der Waals surface area contributed by atoms with Gasteiger partial charge < -0.3 is 10.5 Å². The Morgan fingerprint density at radius 2 is 2.36 bits per heavy atom. The molecule has 0 aromatic rings. The Morgan fingerprint density at radius 1 is 1.64 bits per heavy atom. The number of nitrogens with two attached hydrogens (primary N) is 1. The third-order valence-corrected chi connectivity index (χ3v) is 2.04. The molecule has 2 N–H and O–H groups in total. The molecule has 0 aromatic heterocycles. The maximum atomic E-state index is 5.92. The van der Waals surface area contributed by atoms with Crippen LogP contribution >= 0.6 is 0 Å². The number of rotatable bonds is 2. The van der Waals surface area contributed by atoms with Crippen LogP contribution < -0.4 is 5.73 Å². The Labute approximate surface area is 68.4 Å². The van der Waals surface area contributed by atoms with E-state index in [1.165, 1.54) is 5.57 Å². The van der Waals surface area contributed by atoms with E-state index < -0.39 is 0 Å². The number of allylic oxidation sites excluding steroid dienone is 1. The summed E-state index contributed by atoms with van der Waals surface area (Å²) in [6, 6.07) is 0.197. The Morgan fingerprint density at radius 3 is 2.82 bits per heavy atom. The highest BCUT2D eigenvalue weighted by Crippen LogP contribution is 2.16. The maximum absolute atomic E-state index is 5.92. The molecule has 0 spiro atoms. The summed E-state index contributed by atoms with van der Waals surface area (Å²) in [5, 5.41) is 0. The van der Waals surface area contributed by atoms with Gasteiger partial charge in [-0.2, -0.15) is 0 Å². The molecule has 1 rings (SSSR count). The van der Waals surface area contributed by atoms with Crippen LogP contribution in [0.4, 0.5) is 0 Å². The molecule has 0 amide bonds. The smallest absolute Gasteiger partial charge is 0.0513 e. The standard InChI is InChI=1S/C9H17NO/c1-7(2)5-9(10)8-3-4-11-6-8/h5,8-9H,3-4,6,10H2,1-2H3. The summed E-state index contributed by atoms with van der Waals surface area (Å²) in [4.78, 5) is 0.